The first-order chi connectivity index (χ1) is 18.0. The fourth-order valence-electron chi connectivity index (χ4n) is 6.05. The van der Waals surface area contributed by atoms with E-state index in [9.17, 15) is 9.59 Å². The molecule has 4 heteroatoms. The van der Waals surface area contributed by atoms with E-state index in [1.54, 1.807) is 0 Å². The number of esters is 2. The first-order valence-corrected chi connectivity index (χ1v) is 14.3. The summed E-state index contributed by atoms with van der Waals surface area (Å²) < 4.78 is 12.2. The molecule has 0 amide bonds. The predicted octanol–water partition coefficient (Wildman–Crippen LogP) is 7.45. The number of carbonyl (C=O) groups excluding carboxylic acids is 2. The summed E-state index contributed by atoms with van der Waals surface area (Å²) in [5.74, 6) is -0.310. The molecule has 0 aromatic heterocycles. The molecule has 0 heterocycles. The van der Waals surface area contributed by atoms with E-state index in [4.69, 9.17) is 9.47 Å². The molecule has 1 fully saturated rings. The fraction of sp³-hybridized carbons (Fsp3) is 0.515. The highest BCUT2D eigenvalue weighted by Crippen LogP contribution is 2.49. The van der Waals surface area contributed by atoms with Gasteiger partial charge in [0.1, 0.15) is 11.5 Å². The number of fused-ring (bicyclic) bond motifs is 2. The van der Waals surface area contributed by atoms with Crippen LogP contribution in [-0.2, 0) is 35.3 Å². The third-order valence-corrected chi connectivity index (χ3v) is 7.80. The minimum atomic E-state index is -0.514. The van der Waals surface area contributed by atoms with Gasteiger partial charge in [-0.3, -0.25) is 9.59 Å². The van der Waals surface area contributed by atoms with E-state index >= 15 is 0 Å². The molecule has 4 atom stereocenters. The lowest BCUT2D eigenvalue weighted by molar-refractivity contribution is -0.151. The zero-order chi connectivity index (χ0) is 26.4. The van der Waals surface area contributed by atoms with Crippen molar-refractivity contribution in [3.63, 3.8) is 0 Å². The Labute approximate surface area is 222 Å². The average molecular weight is 503 g/mol. The van der Waals surface area contributed by atoms with Gasteiger partial charge in [0.15, 0.2) is 0 Å². The van der Waals surface area contributed by atoms with E-state index in [-0.39, 0.29) is 23.8 Å². The van der Waals surface area contributed by atoms with Crippen molar-refractivity contribution in [1.29, 1.82) is 0 Å². The molecular formula is C33H42O4. The van der Waals surface area contributed by atoms with E-state index in [0.717, 1.165) is 68.9 Å². The third-order valence-electron chi connectivity index (χ3n) is 7.80. The minimum Gasteiger partial charge on any atom is -0.426 e. The van der Waals surface area contributed by atoms with Crippen LogP contribution in [0.15, 0.2) is 48.6 Å². The van der Waals surface area contributed by atoms with Crippen LogP contribution in [0.3, 0.4) is 0 Å². The topological polar surface area (TPSA) is 52.6 Å². The van der Waals surface area contributed by atoms with Crippen LogP contribution in [0.1, 0.15) is 82.1 Å². The Morgan fingerprint density at radius 2 is 1.05 bits per heavy atom. The van der Waals surface area contributed by atoms with Crippen molar-refractivity contribution in [2.24, 2.45) is 23.7 Å². The van der Waals surface area contributed by atoms with Crippen molar-refractivity contribution in [3.8, 4) is 11.5 Å². The molecule has 0 saturated heterocycles. The van der Waals surface area contributed by atoms with Crippen LogP contribution in [0, 0.1) is 23.7 Å². The summed E-state index contributed by atoms with van der Waals surface area (Å²) in [6.07, 6.45) is 12.6. The van der Waals surface area contributed by atoms with Gasteiger partial charge in [-0.25, -0.2) is 0 Å². The SMILES string of the molecule is CCCc1ccc(CCC)c(OC(=O)C2C3C=CC(C3)C2C(=O)Oc2cc(CCC)ccc2CCC)c1. The van der Waals surface area contributed by atoms with Crippen molar-refractivity contribution in [2.75, 3.05) is 0 Å². The fourth-order valence-corrected chi connectivity index (χ4v) is 6.05. The first kappa shape index (κ1) is 27.2. The van der Waals surface area contributed by atoms with Crippen LogP contribution in [0.4, 0.5) is 0 Å². The Balaban J connectivity index is 1.57. The molecule has 0 spiro atoms. The second kappa shape index (κ2) is 12.6. The standard InChI is InChI=1S/C33H42O4/c1-5-9-22-13-15-24(11-7-3)28(19-22)36-32(34)30-26-17-18-27(21-26)31(30)33(35)37-29-20-23(10-6-2)14-16-25(29)12-8-4/h13-20,26-27,30-31H,5-12,21H2,1-4H3. The number of ether oxygens (including phenoxy) is 2. The molecular weight excluding hydrogens is 460 g/mol. The van der Waals surface area contributed by atoms with Gasteiger partial charge in [-0.1, -0.05) is 89.8 Å². The number of hydrogen-bond acceptors (Lipinski definition) is 4. The van der Waals surface area contributed by atoms with E-state index < -0.39 is 11.8 Å². The Hall–Kier alpha value is -2.88. The van der Waals surface area contributed by atoms with Crippen LogP contribution < -0.4 is 9.47 Å². The van der Waals surface area contributed by atoms with E-state index in [2.05, 4.69) is 64.1 Å². The van der Waals surface area contributed by atoms with Gasteiger partial charge >= 0.3 is 11.9 Å². The second-order valence-electron chi connectivity index (χ2n) is 10.7. The Kier molecular flexibility index (Phi) is 9.23. The summed E-state index contributed by atoms with van der Waals surface area (Å²) in [6, 6.07) is 12.5. The van der Waals surface area contributed by atoms with Gasteiger partial charge in [0.05, 0.1) is 11.8 Å². The Morgan fingerprint density at radius 3 is 1.43 bits per heavy atom. The molecule has 2 bridgehead atoms. The van der Waals surface area contributed by atoms with Crippen LogP contribution >= 0.6 is 0 Å². The van der Waals surface area contributed by atoms with Gasteiger partial charge < -0.3 is 9.47 Å². The van der Waals surface area contributed by atoms with Crippen molar-refractivity contribution in [2.45, 2.75) is 85.5 Å². The van der Waals surface area contributed by atoms with Crippen molar-refractivity contribution in [3.05, 3.63) is 70.8 Å². The highest BCUT2D eigenvalue weighted by molar-refractivity contribution is 5.87. The molecule has 2 aliphatic carbocycles. The summed E-state index contributed by atoms with van der Waals surface area (Å²) in [5, 5.41) is 0. The van der Waals surface area contributed by atoms with Gasteiger partial charge in [-0.15, -0.1) is 0 Å². The minimum absolute atomic E-state index is 0.0186. The van der Waals surface area contributed by atoms with Crippen LogP contribution in [-0.4, -0.2) is 11.9 Å². The van der Waals surface area contributed by atoms with Crippen LogP contribution in [0.5, 0.6) is 11.5 Å². The highest BCUT2D eigenvalue weighted by Gasteiger charge is 2.53. The highest BCUT2D eigenvalue weighted by atomic mass is 16.5. The lowest BCUT2D eigenvalue weighted by atomic mass is 9.83. The van der Waals surface area contributed by atoms with Crippen molar-refractivity contribution >= 4 is 11.9 Å². The lowest BCUT2D eigenvalue weighted by Crippen LogP contribution is -2.37. The third kappa shape index (κ3) is 6.17. The molecule has 0 radical (unpaired) electrons. The molecule has 37 heavy (non-hydrogen) atoms. The molecule has 2 aromatic carbocycles. The lowest BCUT2D eigenvalue weighted by Gasteiger charge is -2.26. The van der Waals surface area contributed by atoms with Crippen LogP contribution in [0.25, 0.3) is 0 Å². The number of allylic oxidation sites excluding steroid dienone is 2. The number of rotatable bonds is 12. The average Bonchev–Trinajstić information content (AvgIpc) is 3.50. The molecule has 4 unspecified atom stereocenters. The summed E-state index contributed by atoms with van der Waals surface area (Å²) >= 11 is 0. The first-order valence-electron chi connectivity index (χ1n) is 14.3. The molecule has 0 N–H and O–H groups in total. The maximum Gasteiger partial charge on any atom is 0.315 e. The van der Waals surface area contributed by atoms with Crippen molar-refractivity contribution < 1.29 is 19.1 Å². The second-order valence-corrected chi connectivity index (χ2v) is 10.7. The molecule has 1 saturated carbocycles. The predicted molar refractivity (Wildman–Crippen MR) is 148 cm³/mol. The summed E-state index contributed by atoms with van der Waals surface area (Å²) in [6.45, 7) is 8.54. The molecule has 0 aliphatic heterocycles. The monoisotopic (exact) mass is 502 g/mol. The van der Waals surface area contributed by atoms with E-state index in [0.29, 0.717) is 11.5 Å². The number of benzene rings is 2. The van der Waals surface area contributed by atoms with Crippen LogP contribution in [0.2, 0.25) is 0 Å². The smallest absolute Gasteiger partial charge is 0.315 e. The van der Waals surface area contributed by atoms with Crippen molar-refractivity contribution in [1.82, 2.24) is 0 Å². The Morgan fingerprint density at radius 1 is 0.649 bits per heavy atom. The molecule has 2 aromatic rings. The zero-order valence-electron chi connectivity index (χ0n) is 22.9. The molecule has 4 rings (SSSR count). The van der Waals surface area contributed by atoms with Gasteiger partial charge in [0.2, 0.25) is 0 Å². The normalized spacial score (nSPS) is 21.8. The van der Waals surface area contributed by atoms with Gasteiger partial charge in [0.25, 0.3) is 0 Å². The van der Waals surface area contributed by atoms with Gasteiger partial charge in [-0.2, -0.15) is 0 Å². The summed E-state index contributed by atoms with van der Waals surface area (Å²) in [7, 11) is 0. The quantitative estimate of drug-likeness (QED) is 0.172. The molecule has 2 aliphatic rings. The van der Waals surface area contributed by atoms with Gasteiger partial charge in [-0.05, 0) is 78.3 Å². The largest absolute Gasteiger partial charge is 0.426 e. The number of carbonyl (C=O) groups is 2. The summed E-state index contributed by atoms with van der Waals surface area (Å²) in [4.78, 5) is 27.3. The Bertz CT molecular complexity index is 1040. The maximum atomic E-state index is 13.6. The van der Waals surface area contributed by atoms with E-state index in [1.165, 1.54) is 11.1 Å². The van der Waals surface area contributed by atoms with E-state index in [1.807, 2.05) is 12.1 Å². The number of aryl methyl sites for hydroxylation is 4. The number of hydrogen-bond donors (Lipinski definition) is 0. The van der Waals surface area contributed by atoms with Gasteiger partial charge in [0, 0.05) is 0 Å². The maximum absolute atomic E-state index is 13.6. The zero-order valence-corrected chi connectivity index (χ0v) is 22.9. The molecule has 4 nitrogen and oxygen atoms in total. The molecule has 198 valence electrons. The summed E-state index contributed by atoms with van der Waals surface area (Å²) in [5.41, 5.74) is 4.43.